The SMILES string of the molecule is CCOC(=O)c1ccc2nc(N(C)C(CC)N(CC)Cc3c(-c4c(Cl)cccc4Cl)noc3C3CC3)sc2c1. The molecule has 2 aromatic heterocycles. The summed E-state index contributed by atoms with van der Waals surface area (Å²) in [5, 5.41) is 6.48. The van der Waals surface area contributed by atoms with Gasteiger partial charge < -0.3 is 14.2 Å². The Morgan fingerprint density at radius 3 is 2.56 bits per heavy atom. The smallest absolute Gasteiger partial charge is 0.338 e. The first-order valence-corrected chi connectivity index (χ1v) is 14.9. The number of hydrogen-bond donors (Lipinski definition) is 0. The molecule has 5 rings (SSSR count). The van der Waals surface area contributed by atoms with Crippen LogP contribution in [-0.4, -0.2) is 47.4 Å². The second-order valence-corrected chi connectivity index (χ2v) is 11.5. The van der Waals surface area contributed by atoms with Gasteiger partial charge in [0.05, 0.1) is 38.6 Å². The van der Waals surface area contributed by atoms with Crippen LogP contribution in [0.1, 0.15) is 67.6 Å². The van der Waals surface area contributed by atoms with E-state index in [9.17, 15) is 4.79 Å². The number of rotatable bonds is 11. The van der Waals surface area contributed by atoms with E-state index in [4.69, 9.17) is 37.4 Å². The average molecular weight is 588 g/mol. The molecular formula is C29H32Cl2N4O3S. The standard InChI is InChI=1S/C29H32Cl2N4O3S/c1-5-24(34(4)29-32-22-14-13-18(15-23(22)39-29)28(36)37-7-3)35(6-2)16-19-26(33-38-27(19)17-11-12-17)25-20(30)9-8-10-21(25)31/h8-10,13-15,17,24H,5-7,11-12,16H2,1-4H3. The number of ether oxygens (including phenoxy) is 1. The van der Waals surface area contributed by atoms with Crippen LogP contribution in [0, 0.1) is 0 Å². The Hall–Kier alpha value is -2.65. The summed E-state index contributed by atoms with van der Waals surface area (Å²) in [6.45, 7) is 7.94. The third-order valence-electron chi connectivity index (χ3n) is 7.16. The third kappa shape index (κ3) is 5.66. The van der Waals surface area contributed by atoms with Gasteiger partial charge in [-0.2, -0.15) is 0 Å². The van der Waals surface area contributed by atoms with Gasteiger partial charge in [-0.15, -0.1) is 0 Å². The molecule has 1 aliphatic rings. The van der Waals surface area contributed by atoms with Gasteiger partial charge in [-0.3, -0.25) is 4.90 Å². The van der Waals surface area contributed by atoms with Gasteiger partial charge >= 0.3 is 5.97 Å². The molecule has 0 radical (unpaired) electrons. The summed E-state index contributed by atoms with van der Waals surface area (Å²) in [4.78, 5) is 21.7. The Bertz CT molecular complexity index is 1460. The van der Waals surface area contributed by atoms with Gasteiger partial charge in [0.25, 0.3) is 0 Å². The monoisotopic (exact) mass is 586 g/mol. The lowest BCUT2D eigenvalue weighted by atomic mass is 10.0. The molecule has 0 spiro atoms. The van der Waals surface area contributed by atoms with Crippen molar-refractivity contribution < 1.29 is 14.1 Å². The van der Waals surface area contributed by atoms with E-state index in [-0.39, 0.29) is 12.1 Å². The molecule has 206 valence electrons. The number of fused-ring (bicyclic) bond motifs is 1. The molecule has 7 nitrogen and oxygen atoms in total. The van der Waals surface area contributed by atoms with Crippen LogP contribution in [-0.2, 0) is 11.3 Å². The van der Waals surface area contributed by atoms with E-state index in [1.54, 1.807) is 24.3 Å². The number of benzene rings is 2. The molecular weight excluding hydrogens is 555 g/mol. The molecule has 39 heavy (non-hydrogen) atoms. The number of esters is 1. The number of aromatic nitrogens is 2. The van der Waals surface area contributed by atoms with Gasteiger partial charge in [0.1, 0.15) is 11.5 Å². The van der Waals surface area contributed by atoms with Crippen LogP contribution in [0.25, 0.3) is 21.5 Å². The molecule has 0 amide bonds. The molecule has 0 bridgehead atoms. The van der Waals surface area contributed by atoms with Gasteiger partial charge in [0, 0.05) is 30.6 Å². The summed E-state index contributed by atoms with van der Waals surface area (Å²) in [7, 11) is 2.07. The van der Waals surface area contributed by atoms with Crippen LogP contribution in [0.3, 0.4) is 0 Å². The zero-order valence-electron chi connectivity index (χ0n) is 22.5. The van der Waals surface area contributed by atoms with E-state index in [2.05, 4.69) is 35.9 Å². The van der Waals surface area contributed by atoms with Gasteiger partial charge in [0.15, 0.2) is 5.13 Å². The van der Waals surface area contributed by atoms with Crippen LogP contribution in [0.4, 0.5) is 5.13 Å². The first kappa shape index (κ1) is 27.9. The fraction of sp³-hybridized carbons (Fsp3) is 0.414. The van der Waals surface area contributed by atoms with E-state index in [0.717, 1.165) is 58.2 Å². The van der Waals surface area contributed by atoms with Crippen molar-refractivity contribution in [3.63, 3.8) is 0 Å². The molecule has 10 heteroatoms. The highest BCUT2D eigenvalue weighted by atomic mass is 35.5. The Balaban J connectivity index is 1.45. The summed E-state index contributed by atoms with van der Waals surface area (Å²) in [5.41, 5.74) is 3.88. The highest BCUT2D eigenvalue weighted by Crippen LogP contribution is 2.46. The summed E-state index contributed by atoms with van der Waals surface area (Å²) >= 11 is 14.8. The lowest BCUT2D eigenvalue weighted by Gasteiger charge is -2.36. The predicted octanol–water partition coefficient (Wildman–Crippen LogP) is 8.01. The molecule has 1 saturated carbocycles. The van der Waals surface area contributed by atoms with Crippen molar-refractivity contribution in [2.75, 3.05) is 25.1 Å². The quantitative estimate of drug-likeness (QED) is 0.130. The van der Waals surface area contributed by atoms with Gasteiger partial charge in [0.2, 0.25) is 0 Å². The average Bonchev–Trinajstić information content (AvgIpc) is 3.55. The minimum atomic E-state index is -0.319. The molecule has 0 saturated heterocycles. The Morgan fingerprint density at radius 2 is 1.92 bits per heavy atom. The maximum absolute atomic E-state index is 12.2. The topological polar surface area (TPSA) is 71.7 Å². The number of halogens is 2. The largest absolute Gasteiger partial charge is 0.462 e. The molecule has 1 fully saturated rings. The maximum atomic E-state index is 12.2. The lowest BCUT2D eigenvalue weighted by Crippen LogP contribution is -2.46. The highest BCUT2D eigenvalue weighted by molar-refractivity contribution is 7.22. The Kier molecular flexibility index (Phi) is 8.47. The maximum Gasteiger partial charge on any atom is 0.338 e. The number of nitrogens with zero attached hydrogens (tertiary/aromatic N) is 4. The van der Waals surface area contributed by atoms with Crippen molar-refractivity contribution in [3.8, 4) is 11.3 Å². The molecule has 1 aliphatic carbocycles. The molecule has 0 N–H and O–H groups in total. The van der Waals surface area contributed by atoms with Crippen LogP contribution in [0.2, 0.25) is 10.0 Å². The Labute approximate surface area is 242 Å². The number of hydrogen-bond acceptors (Lipinski definition) is 8. The fourth-order valence-corrected chi connectivity index (χ4v) is 6.59. The van der Waals surface area contributed by atoms with Gasteiger partial charge in [-0.05, 0) is 63.1 Å². The summed E-state index contributed by atoms with van der Waals surface area (Å²) < 4.78 is 12.0. The summed E-state index contributed by atoms with van der Waals surface area (Å²) in [6.07, 6.45) is 3.14. The van der Waals surface area contributed by atoms with Crippen molar-refractivity contribution in [1.82, 2.24) is 15.0 Å². The molecule has 1 unspecified atom stereocenters. The fourth-order valence-electron chi connectivity index (χ4n) is 5.00. The van der Waals surface area contributed by atoms with E-state index < -0.39 is 0 Å². The van der Waals surface area contributed by atoms with E-state index in [0.29, 0.717) is 40.2 Å². The third-order valence-corrected chi connectivity index (χ3v) is 8.90. The first-order chi connectivity index (χ1) is 18.9. The molecule has 2 heterocycles. The lowest BCUT2D eigenvalue weighted by molar-refractivity contribution is 0.0526. The minimum absolute atomic E-state index is 0.0663. The number of carbonyl (C=O) groups is 1. The number of carbonyl (C=O) groups excluding carboxylic acids is 1. The second kappa shape index (κ2) is 11.8. The zero-order valence-corrected chi connectivity index (χ0v) is 24.9. The van der Waals surface area contributed by atoms with E-state index >= 15 is 0 Å². The van der Waals surface area contributed by atoms with Crippen molar-refractivity contribution in [2.45, 2.75) is 58.7 Å². The molecule has 2 aromatic carbocycles. The van der Waals surface area contributed by atoms with Crippen molar-refractivity contribution in [1.29, 1.82) is 0 Å². The van der Waals surface area contributed by atoms with Crippen LogP contribution in [0.5, 0.6) is 0 Å². The van der Waals surface area contributed by atoms with Crippen molar-refractivity contribution in [2.24, 2.45) is 0 Å². The molecule has 0 aliphatic heterocycles. The highest BCUT2D eigenvalue weighted by Gasteiger charge is 2.35. The molecule has 4 aromatic rings. The van der Waals surface area contributed by atoms with Crippen LogP contribution >= 0.6 is 34.5 Å². The van der Waals surface area contributed by atoms with E-state index in [1.807, 2.05) is 30.3 Å². The van der Waals surface area contributed by atoms with Crippen LogP contribution in [0.15, 0.2) is 40.9 Å². The number of anilines is 1. The van der Waals surface area contributed by atoms with Gasteiger partial charge in [-0.1, -0.05) is 59.6 Å². The summed E-state index contributed by atoms with van der Waals surface area (Å²) in [5.74, 6) is 1.00. The van der Waals surface area contributed by atoms with Gasteiger partial charge in [-0.25, -0.2) is 9.78 Å². The van der Waals surface area contributed by atoms with Crippen molar-refractivity contribution in [3.05, 3.63) is 63.3 Å². The second-order valence-electron chi connectivity index (χ2n) is 9.71. The van der Waals surface area contributed by atoms with E-state index in [1.165, 1.54) is 0 Å². The zero-order chi connectivity index (χ0) is 27.7. The molecule has 1 atom stereocenters. The van der Waals surface area contributed by atoms with Crippen LogP contribution < -0.4 is 4.90 Å². The Morgan fingerprint density at radius 1 is 1.18 bits per heavy atom. The first-order valence-electron chi connectivity index (χ1n) is 13.3. The van der Waals surface area contributed by atoms with Crippen molar-refractivity contribution >= 4 is 55.9 Å². The minimum Gasteiger partial charge on any atom is -0.462 e. The predicted molar refractivity (Wildman–Crippen MR) is 158 cm³/mol. The summed E-state index contributed by atoms with van der Waals surface area (Å²) in [6, 6.07) is 11.0. The number of thiazole rings is 1. The normalized spacial score (nSPS) is 14.2.